The van der Waals surface area contributed by atoms with Crippen molar-refractivity contribution in [3.8, 4) is 0 Å². The van der Waals surface area contributed by atoms with Gasteiger partial charge in [-0.05, 0) is 25.5 Å². The zero-order valence-electron chi connectivity index (χ0n) is 13.1. The summed E-state index contributed by atoms with van der Waals surface area (Å²) in [6.45, 7) is 2.00. The van der Waals surface area contributed by atoms with Crippen LogP contribution in [0.4, 0.5) is 13.2 Å². The molecule has 0 spiro atoms. The molecule has 0 saturated carbocycles. The number of piperidine rings is 1. The average molecular weight is 358 g/mol. The van der Waals surface area contributed by atoms with Crippen molar-refractivity contribution < 1.29 is 27.9 Å². The Morgan fingerprint density at radius 2 is 2.04 bits per heavy atom. The Morgan fingerprint density at radius 1 is 1.36 bits per heavy atom. The van der Waals surface area contributed by atoms with Crippen molar-refractivity contribution in [2.45, 2.75) is 25.1 Å². The second kappa shape index (κ2) is 7.51. The molecule has 4 N–H and O–H groups in total. The van der Waals surface area contributed by atoms with Crippen LogP contribution in [0.2, 0.25) is 0 Å². The van der Waals surface area contributed by atoms with Crippen LogP contribution in [0, 0.1) is 0 Å². The van der Waals surface area contributed by atoms with E-state index in [4.69, 9.17) is 15.6 Å². The minimum Gasteiger partial charge on any atom is -0.475 e. The molecule has 1 aromatic carbocycles. The molecular formula is C15H17F3N4O3. The molecule has 3 rings (SSSR count). The van der Waals surface area contributed by atoms with Crippen LogP contribution in [-0.4, -0.2) is 46.0 Å². The molecule has 1 atom stereocenters. The number of carboxylic acids is 1. The van der Waals surface area contributed by atoms with E-state index in [-0.39, 0.29) is 0 Å². The maximum Gasteiger partial charge on any atom is 0.490 e. The van der Waals surface area contributed by atoms with Gasteiger partial charge in [0.25, 0.3) is 5.91 Å². The lowest BCUT2D eigenvalue weighted by Crippen LogP contribution is -2.31. The molecule has 10 heteroatoms. The number of carbonyl (C=O) groups is 2. The van der Waals surface area contributed by atoms with Gasteiger partial charge in [0.05, 0.1) is 11.6 Å². The smallest absolute Gasteiger partial charge is 0.475 e. The molecule has 0 bridgehead atoms. The highest BCUT2D eigenvalue weighted by Crippen LogP contribution is 2.22. The van der Waals surface area contributed by atoms with E-state index in [2.05, 4.69) is 10.4 Å². The number of halogens is 3. The number of alkyl halides is 3. The van der Waals surface area contributed by atoms with E-state index in [0.29, 0.717) is 17.1 Å². The summed E-state index contributed by atoms with van der Waals surface area (Å²) in [5.74, 6) is -3.18. The minimum atomic E-state index is -5.08. The van der Waals surface area contributed by atoms with E-state index in [1.807, 2.05) is 23.0 Å². The van der Waals surface area contributed by atoms with Gasteiger partial charge in [-0.2, -0.15) is 18.3 Å². The molecule has 0 aliphatic carbocycles. The number of amides is 1. The molecule has 1 amide bonds. The predicted molar refractivity (Wildman–Crippen MR) is 83.1 cm³/mol. The van der Waals surface area contributed by atoms with Crippen molar-refractivity contribution in [3.05, 3.63) is 30.0 Å². The van der Waals surface area contributed by atoms with Crippen LogP contribution < -0.4 is 11.1 Å². The highest BCUT2D eigenvalue weighted by atomic mass is 19.4. The molecule has 1 aliphatic heterocycles. The Hall–Kier alpha value is -2.62. The number of nitrogens with two attached hydrogens (primary N) is 1. The van der Waals surface area contributed by atoms with Crippen LogP contribution in [0.15, 0.2) is 24.4 Å². The third kappa shape index (κ3) is 4.69. The predicted octanol–water partition coefficient (Wildman–Crippen LogP) is 1.69. The van der Waals surface area contributed by atoms with Gasteiger partial charge in [0.1, 0.15) is 5.52 Å². The standard InChI is InChI=1S/C13H16N4O.C2HF3O2/c14-13(18)11-5-1-3-9-8-17(16-12(9)11)10-4-2-6-15-7-10;3-2(4,5)1(6)7/h1,3,5,8,10,15H,2,4,6-7H2,(H2,14,18);(H,6,7). The van der Waals surface area contributed by atoms with E-state index in [9.17, 15) is 18.0 Å². The number of fused-ring (bicyclic) bond motifs is 1. The molecule has 1 aliphatic rings. The van der Waals surface area contributed by atoms with E-state index in [0.717, 1.165) is 31.3 Å². The van der Waals surface area contributed by atoms with E-state index >= 15 is 0 Å². The number of nitrogens with one attached hydrogen (secondary N) is 1. The van der Waals surface area contributed by atoms with Gasteiger partial charge < -0.3 is 16.2 Å². The molecular weight excluding hydrogens is 341 g/mol. The summed E-state index contributed by atoms with van der Waals surface area (Å²) in [4.78, 5) is 20.3. The zero-order valence-corrected chi connectivity index (χ0v) is 13.1. The van der Waals surface area contributed by atoms with E-state index < -0.39 is 18.1 Å². The molecule has 25 heavy (non-hydrogen) atoms. The lowest BCUT2D eigenvalue weighted by Gasteiger charge is -2.22. The van der Waals surface area contributed by atoms with Crippen molar-refractivity contribution in [1.29, 1.82) is 0 Å². The molecule has 1 saturated heterocycles. The van der Waals surface area contributed by atoms with Gasteiger partial charge in [0.15, 0.2) is 0 Å². The van der Waals surface area contributed by atoms with E-state index in [1.165, 1.54) is 0 Å². The van der Waals surface area contributed by atoms with Crippen molar-refractivity contribution in [2.24, 2.45) is 5.73 Å². The lowest BCUT2D eigenvalue weighted by molar-refractivity contribution is -0.192. The number of aliphatic carboxylic acids is 1. The Morgan fingerprint density at radius 3 is 2.56 bits per heavy atom. The molecule has 1 fully saturated rings. The molecule has 136 valence electrons. The first kappa shape index (κ1) is 18.7. The van der Waals surface area contributed by atoms with Crippen LogP contribution in [0.25, 0.3) is 10.9 Å². The van der Waals surface area contributed by atoms with Crippen molar-refractivity contribution in [1.82, 2.24) is 15.1 Å². The first-order valence-corrected chi connectivity index (χ1v) is 7.48. The van der Waals surface area contributed by atoms with Gasteiger partial charge in [-0.3, -0.25) is 9.48 Å². The van der Waals surface area contributed by atoms with Gasteiger partial charge in [-0.15, -0.1) is 0 Å². The monoisotopic (exact) mass is 358 g/mol. The highest BCUT2D eigenvalue weighted by Gasteiger charge is 2.38. The fourth-order valence-electron chi connectivity index (χ4n) is 2.51. The van der Waals surface area contributed by atoms with Crippen molar-refractivity contribution in [2.75, 3.05) is 13.1 Å². The summed E-state index contributed by atoms with van der Waals surface area (Å²) in [7, 11) is 0. The lowest BCUT2D eigenvalue weighted by atomic mass is 10.1. The van der Waals surface area contributed by atoms with Crippen molar-refractivity contribution >= 4 is 22.8 Å². The normalized spacial score (nSPS) is 17.6. The maximum atomic E-state index is 11.4. The third-order valence-corrected chi connectivity index (χ3v) is 3.71. The number of hydrogen-bond donors (Lipinski definition) is 3. The third-order valence-electron chi connectivity index (χ3n) is 3.71. The molecule has 2 aromatic rings. The van der Waals surface area contributed by atoms with Crippen LogP contribution >= 0.6 is 0 Å². The van der Waals surface area contributed by atoms with Crippen LogP contribution in [0.1, 0.15) is 29.2 Å². The van der Waals surface area contributed by atoms with E-state index in [1.54, 1.807) is 6.07 Å². The fourth-order valence-corrected chi connectivity index (χ4v) is 2.51. The summed E-state index contributed by atoms with van der Waals surface area (Å²) in [5, 5.41) is 16.0. The zero-order chi connectivity index (χ0) is 18.6. The van der Waals surface area contributed by atoms with Crippen LogP contribution in [-0.2, 0) is 4.79 Å². The molecule has 7 nitrogen and oxygen atoms in total. The number of carboxylic acid groups (broad SMARTS) is 1. The largest absolute Gasteiger partial charge is 0.490 e. The topological polar surface area (TPSA) is 110 Å². The summed E-state index contributed by atoms with van der Waals surface area (Å²) < 4.78 is 33.7. The fraction of sp³-hybridized carbons (Fsp3) is 0.400. The number of benzene rings is 1. The summed E-state index contributed by atoms with van der Waals surface area (Å²) in [6.07, 6.45) is -0.810. The van der Waals surface area contributed by atoms with Gasteiger partial charge in [0, 0.05) is 18.1 Å². The number of hydrogen-bond acceptors (Lipinski definition) is 4. The van der Waals surface area contributed by atoms with Gasteiger partial charge in [0.2, 0.25) is 0 Å². The molecule has 2 heterocycles. The Balaban J connectivity index is 0.000000277. The van der Waals surface area contributed by atoms with Crippen LogP contribution in [0.5, 0.6) is 0 Å². The highest BCUT2D eigenvalue weighted by molar-refractivity contribution is 6.04. The van der Waals surface area contributed by atoms with Gasteiger partial charge >= 0.3 is 12.1 Å². The summed E-state index contributed by atoms with van der Waals surface area (Å²) in [6, 6.07) is 5.89. The second-order valence-corrected chi connectivity index (χ2v) is 5.52. The summed E-state index contributed by atoms with van der Waals surface area (Å²) >= 11 is 0. The van der Waals surface area contributed by atoms with Crippen molar-refractivity contribution in [3.63, 3.8) is 0 Å². The maximum absolute atomic E-state index is 11.4. The number of nitrogens with zero attached hydrogens (tertiary/aromatic N) is 2. The molecule has 1 unspecified atom stereocenters. The number of carbonyl (C=O) groups excluding carboxylic acids is 1. The Kier molecular flexibility index (Phi) is 5.62. The number of aromatic nitrogens is 2. The van der Waals surface area contributed by atoms with Gasteiger partial charge in [-0.1, -0.05) is 12.1 Å². The SMILES string of the molecule is NC(=O)c1cccc2cn(C3CCCNC3)nc12.O=C(O)C(F)(F)F. The molecule has 1 aromatic heterocycles. The van der Waals surface area contributed by atoms with Gasteiger partial charge in [-0.25, -0.2) is 4.79 Å². The number of primary amides is 1. The molecule has 0 radical (unpaired) electrons. The summed E-state index contributed by atoms with van der Waals surface area (Å²) in [5.41, 5.74) is 6.57. The second-order valence-electron chi connectivity index (χ2n) is 5.52. The minimum absolute atomic E-state index is 0.367. The quantitative estimate of drug-likeness (QED) is 0.757. The first-order valence-electron chi connectivity index (χ1n) is 7.48. The number of rotatable bonds is 2. The Labute approximate surface area is 140 Å². The van der Waals surface area contributed by atoms with Crippen LogP contribution in [0.3, 0.4) is 0 Å². The Bertz CT molecular complexity index is 767. The first-order chi connectivity index (χ1) is 11.7. The average Bonchev–Trinajstić information content (AvgIpc) is 2.99.